The minimum atomic E-state index is 0.393. The maximum Gasteiger partial charge on any atom is 0.263 e. The van der Waals surface area contributed by atoms with Crippen molar-refractivity contribution in [2.24, 2.45) is 0 Å². The molecule has 6 heteroatoms. The maximum absolute atomic E-state index is 5.84. The molecule has 1 aliphatic rings. The highest BCUT2D eigenvalue weighted by Gasteiger charge is 2.27. The molecule has 1 fully saturated rings. The van der Waals surface area contributed by atoms with Gasteiger partial charge >= 0.3 is 0 Å². The fraction of sp³-hybridized carbons (Fsp3) is 0.444. The average Bonchev–Trinajstić information content (AvgIpc) is 3.30. The Kier molecular flexibility index (Phi) is 4.24. The summed E-state index contributed by atoms with van der Waals surface area (Å²) in [5.74, 6) is 2.99. The summed E-state index contributed by atoms with van der Waals surface area (Å²) in [4.78, 5) is 11.7. The van der Waals surface area contributed by atoms with Crippen molar-refractivity contribution in [3.63, 3.8) is 0 Å². The van der Waals surface area contributed by atoms with Crippen LogP contribution in [0, 0.1) is 13.8 Å². The van der Waals surface area contributed by atoms with E-state index in [9.17, 15) is 0 Å². The third-order valence-corrected chi connectivity index (χ3v) is 5.42. The first-order valence-electron chi connectivity index (χ1n) is 8.37. The molecule has 0 amide bonds. The fourth-order valence-corrected chi connectivity index (χ4v) is 4.09. The average molecular weight is 343 g/mol. The number of hydrogen-bond donors (Lipinski definition) is 0. The summed E-state index contributed by atoms with van der Waals surface area (Å²) in [7, 11) is 0. The zero-order chi connectivity index (χ0) is 16.5. The van der Waals surface area contributed by atoms with Gasteiger partial charge in [-0.15, -0.1) is 11.3 Å². The van der Waals surface area contributed by atoms with Gasteiger partial charge in [-0.3, -0.25) is 4.90 Å². The number of rotatable bonds is 4. The van der Waals surface area contributed by atoms with Crippen LogP contribution in [0.15, 0.2) is 32.5 Å². The maximum atomic E-state index is 5.84. The van der Waals surface area contributed by atoms with Gasteiger partial charge < -0.3 is 8.83 Å². The lowest BCUT2D eigenvalue weighted by Gasteiger charge is -2.33. The summed E-state index contributed by atoms with van der Waals surface area (Å²) in [5.41, 5.74) is 0.988. The van der Waals surface area contributed by atoms with E-state index in [1.54, 1.807) is 11.3 Å². The van der Waals surface area contributed by atoms with Gasteiger partial charge in [0.1, 0.15) is 16.5 Å². The molecule has 3 aromatic heterocycles. The predicted octanol–water partition coefficient (Wildman–Crippen LogP) is 4.74. The van der Waals surface area contributed by atoms with Crippen molar-refractivity contribution in [1.29, 1.82) is 0 Å². The Hall–Kier alpha value is -1.92. The SMILES string of the molecule is Cc1ccc(-c2nc(CN3CCCC[C@@H]3c3nccs3)c(C)o2)o1. The molecule has 126 valence electrons. The standard InChI is InChI=1S/C18H21N3O2S/c1-12-6-7-16(22-12)17-20-14(13(2)23-17)11-21-9-4-3-5-15(21)18-19-8-10-24-18/h6-8,10,15H,3-5,9,11H2,1-2H3/t15-/m1/s1. The highest BCUT2D eigenvalue weighted by atomic mass is 32.1. The Bertz CT molecular complexity index is 806. The van der Waals surface area contributed by atoms with Crippen molar-refractivity contribution in [2.45, 2.75) is 45.7 Å². The van der Waals surface area contributed by atoms with Gasteiger partial charge in [0.25, 0.3) is 5.89 Å². The summed E-state index contributed by atoms with van der Waals surface area (Å²) < 4.78 is 11.5. The molecule has 4 heterocycles. The Morgan fingerprint density at radius 3 is 2.92 bits per heavy atom. The van der Waals surface area contributed by atoms with Gasteiger partial charge in [0.05, 0.1) is 11.7 Å². The lowest BCUT2D eigenvalue weighted by Crippen LogP contribution is -2.33. The predicted molar refractivity (Wildman–Crippen MR) is 92.8 cm³/mol. The van der Waals surface area contributed by atoms with Gasteiger partial charge in [0.2, 0.25) is 0 Å². The topological polar surface area (TPSA) is 55.3 Å². The summed E-state index contributed by atoms with van der Waals surface area (Å²) in [6.45, 7) is 5.77. The number of aromatic nitrogens is 2. The van der Waals surface area contributed by atoms with Crippen molar-refractivity contribution in [3.05, 3.63) is 45.9 Å². The molecule has 0 aromatic carbocycles. The zero-order valence-electron chi connectivity index (χ0n) is 14.0. The van der Waals surface area contributed by atoms with E-state index < -0.39 is 0 Å². The summed E-state index contributed by atoms with van der Waals surface area (Å²) in [6, 6.07) is 4.23. The van der Waals surface area contributed by atoms with Gasteiger partial charge in [-0.1, -0.05) is 6.42 Å². The molecular formula is C18H21N3O2S. The van der Waals surface area contributed by atoms with Crippen LogP contribution in [0.2, 0.25) is 0 Å². The third kappa shape index (κ3) is 3.03. The van der Waals surface area contributed by atoms with Crippen LogP contribution >= 0.6 is 11.3 Å². The molecule has 1 atom stereocenters. The minimum Gasteiger partial charge on any atom is -0.456 e. The number of oxazole rings is 1. The van der Waals surface area contributed by atoms with E-state index >= 15 is 0 Å². The van der Waals surface area contributed by atoms with E-state index in [2.05, 4.69) is 20.2 Å². The number of nitrogens with zero attached hydrogens (tertiary/aromatic N) is 3. The molecule has 0 spiro atoms. The molecule has 4 rings (SSSR count). The molecule has 0 radical (unpaired) electrons. The monoisotopic (exact) mass is 343 g/mol. The summed E-state index contributed by atoms with van der Waals surface area (Å²) in [5, 5.41) is 3.26. The van der Waals surface area contributed by atoms with E-state index in [4.69, 9.17) is 8.83 Å². The van der Waals surface area contributed by atoms with E-state index in [0.717, 1.165) is 36.7 Å². The molecule has 3 aromatic rings. The van der Waals surface area contributed by atoms with E-state index in [1.165, 1.54) is 17.8 Å². The second-order valence-electron chi connectivity index (χ2n) is 6.28. The Morgan fingerprint density at radius 2 is 2.17 bits per heavy atom. The molecule has 0 bridgehead atoms. The molecular weight excluding hydrogens is 322 g/mol. The van der Waals surface area contributed by atoms with E-state index in [0.29, 0.717) is 17.7 Å². The number of hydrogen-bond acceptors (Lipinski definition) is 6. The summed E-state index contributed by atoms with van der Waals surface area (Å²) in [6.07, 6.45) is 5.54. The quantitative estimate of drug-likeness (QED) is 0.685. The van der Waals surface area contributed by atoms with Crippen LogP contribution in [0.3, 0.4) is 0 Å². The number of likely N-dealkylation sites (tertiary alicyclic amines) is 1. The van der Waals surface area contributed by atoms with E-state index in [1.807, 2.05) is 32.2 Å². The molecule has 5 nitrogen and oxygen atoms in total. The lowest BCUT2D eigenvalue weighted by atomic mass is 10.0. The van der Waals surface area contributed by atoms with Crippen LogP contribution in [0.1, 0.15) is 47.5 Å². The van der Waals surface area contributed by atoms with Crippen LogP contribution < -0.4 is 0 Å². The molecule has 24 heavy (non-hydrogen) atoms. The Labute approximate surface area is 145 Å². The Balaban J connectivity index is 1.56. The number of thiazole rings is 1. The fourth-order valence-electron chi connectivity index (χ4n) is 3.28. The van der Waals surface area contributed by atoms with Gasteiger partial charge in [-0.05, 0) is 45.4 Å². The molecule has 0 saturated carbocycles. The van der Waals surface area contributed by atoms with Gasteiger partial charge in [-0.25, -0.2) is 9.97 Å². The number of piperidine rings is 1. The number of aryl methyl sites for hydroxylation is 2. The smallest absolute Gasteiger partial charge is 0.263 e. The molecule has 1 aliphatic heterocycles. The molecule has 1 saturated heterocycles. The highest BCUT2D eigenvalue weighted by Crippen LogP contribution is 2.34. The third-order valence-electron chi connectivity index (χ3n) is 4.55. The van der Waals surface area contributed by atoms with Gasteiger partial charge in [0, 0.05) is 18.1 Å². The van der Waals surface area contributed by atoms with Crippen LogP contribution in [0.5, 0.6) is 0 Å². The van der Waals surface area contributed by atoms with Crippen molar-refractivity contribution in [1.82, 2.24) is 14.9 Å². The minimum absolute atomic E-state index is 0.393. The zero-order valence-corrected chi connectivity index (χ0v) is 14.8. The first-order chi connectivity index (χ1) is 11.7. The first kappa shape index (κ1) is 15.6. The van der Waals surface area contributed by atoms with Crippen LogP contribution in [-0.2, 0) is 6.54 Å². The first-order valence-corrected chi connectivity index (χ1v) is 9.25. The van der Waals surface area contributed by atoms with Crippen LogP contribution in [0.4, 0.5) is 0 Å². The van der Waals surface area contributed by atoms with E-state index in [-0.39, 0.29) is 0 Å². The number of furan rings is 1. The second-order valence-corrected chi connectivity index (χ2v) is 7.21. The van der Waals surface area contributed by atoms with Crippen LogP contribution in [-0.4, -0.2) is 21.4 Å². The van der Waals surface area contributed by atoms with Crippen LogP contribution in [0.25, 0.3) is 11.7 Å². The van der Waals surface area contributed by atoms with Crippen molar-refractivity contribution < 1.29 is 8.83 Å². The molecule has 0 aliphatic carbocycles. The van der Waals surface area contributed by atoms with Gasteiger partial charge in [-0.2, -0.15) is 0 Å². The second kappa shape index (κ2) is 6.53. The molecule has 0 unspecified atom stereocenters. The Morgan fingerprint density at radius 1 is 1.25 bits per heavy atom. The lowest BCUT2D eigenvalue weighted by molar-refractivity contribution is 0.138. The normalized spacial score (nSPS) is 19.0. The van der Waals surface area contributed by atoms with Gasteiger partial charge in [0.15, 0.2) is 5.76 Å². The summed E-state index contributed by atoms with van der Waals surface area (Å²) >= 11 is 1.74. The van der Waals surface area contributed by atoms with Crippen molar-refractivity contribution >= 4 is 11.3 Å². The molecule has 0 N–H and O–H groups in total. The largest absolute Gasteiger partial charge is 0.456 e. The highest BCUT2D eigenvalue weighted by molar-refractivity contribution is 7.09. The van der Waals surface area contributed by atoms with Crippen molar-refractivity contribution in [2.75, 3.05) is 6.54 Å². The van der Waals surface area contributed by atoms with Crippen molar-refractivity contribution in [3.8, 4) is 11.7 Å².